The lowest BCUT2D eigenvalue weighted by atomic mass is 10.1. The van der Waals surface area contributed by atoms with Crippen LogP contribution in [-0.2, 0) is 0 Å². The minimum absolute atomic E-state index is 0.241. The van der Waals surface area contributed by atoms with Gasteiger partial charge < -0.3 is 10.2 Å². The fraction of sp³-hybridized carbons (Fsp3) is 0.381. The molecule has 0 bridgehead atoms. The number of rotatable bonds is 5. The number of thiazole rings is 1. The summed E-state index contributed by atoms with van der Waals surface area (Å²) in [6.45, 7) is 2.07. The van der Waals surface area contributed by atoms with Crippen molar-refractivity contribution in [2.45, 2.75) is 38.1 Å². The van der Waals surface area contributed by atoms with Gasteiger partial charge in [0.2, 0.25) is 5.95 Å². The molecule has 1 aliphatic heterocycles. The zero-order valence-corrected chi connectivity index (χ0v) is 16.4. The lowest BCUT2D eigenvalue weighted by Gasteiger charge is -2.25. The predicted octanol–water partition coefficient (Wildman–Crippen LogP) is 4.97. The second kappa shape index (κ2) is 7.47. The number of anilines is 2. The summed E-state index contributed by atoms with van der Waals surface area (Å²) in [7, 11) is 0. The average molecular weight is 396 g/mol. The Morgan fingerprint density at radius 2 is 1.79 bits per heavy atom. The first kappa shape index (κ1) is 17.6. The molecular weight excluding hydrogens is 373 g/mol. The predicted molar refractivity (Wildman–Crippen MR) is 111 cm³/mol. The van der Waals surface area contributed by atoms with Crippen LogP contribution in [0.1, 0.15) is 32.1 Å². The molecule has 3 heterocycles. The zero-order valence-electron chi connectivity index (χ0n) is 15.6. The van der Waals surface area contributed by atoms with Gasteiger partial charge in [-0.25, -0.2) is 19.3 Å². The molecule has 1 saturated carbocycles. The average Bonchev–Trinajstić information content (AvgIpc) is 3.43. The standard InChI is InChI=1S/C21H22FN5S/c22-15-6-4-14(5-7-15)18-19(28-21(26-18)27-12-2-1-3-13-27)17-10-11-23-20(25-17)24-16-8-9-16/h4-7,10-11,16H,1-3,8-9,12-13H2,(H,23,24,25). The Morgan fingerprint density at radius 3 is 2.54 bits per heavy atom. The summed E-state index contributed by atoms with van der Waals surface area (Å²) in [5.74, 6) is 0.424. The molecule has 0 radical (unpaired) electrons. The molecule has 1 aromatic carbocycles. The van der Waals surface area contributed by atoms with Crippen LogP contribution in [0.3, 0.4) is 0 Å². The summed E-state index contributed by atoms with van der Waals surface area (Å²) in [4.78, 5) is 17.4. The molecule has 2 fully saturated rings. The highest BCUT2D eigenvalue weighted by Gasteiger charge is 2.24. The Hall–Kier alpha value is -2.54. The van der Waals surface area contributed by atoms with Crippen LogP contribution in [0, 0.1) is 5.82 Å². The molecule has 0 spiro atoms. The second-order valence-corrected chi connectivity index (χ2v) is 8.39. The Labute approximate surface area is 167 Å². The van der Waals surface area contributed by atoms with Gasteiger partial charge in [0.1, 0.15) is 5.82 Å². The Kier molecular flexibility index (Phi) is 4.68. The molecule has 28 heavy (non-hydrogen) atoms. The van der Waals surface area contributed by atoms with Gasteiger partial charge in [-0.2, -0.15) is 0 Å². The van der Waals surface area contributed by atoms with Crippen LogP contribution < -0.4 is 10.2 Å². The smallest absolute Gasteiger partial charge is 0.223 e. The van der Waals surface area contributed by atoms with E-state index in [0.29, 0.717) is 12.0 Å². The number of benzene rings is 1. The van der Waals surface area contributed by atoms with Gasteiger partial charge in [-0.1, -0.05) is 11.3 Å². The van der Waals surface area contributed by atoms with Crippen molar-refractivity contribution in [2.75, 3.05) is 23.3 Å². The van der Waals surface area contributed by atoms with E-state index in [4.69, 9.17) is 9.97 Å². The summed E-state index contributed by atoms with van der Waals surface area (Å²) in [6.07, 6.45) is 7.82. The van der Waals surface area contributed by atoms with Crippen LogP contribution in [0.2, 0.25) is 0 Å². The van der Waals surface area contributed by atoms with Crippen LogP contribution in [-0.4, -0.2) is 34.1 Å². The molecular formula is C21H22FN5S. The number of piperidine rings is 1. The van der Waals surface area contributed by atoms with Gasteiger partial charge in [-0.05, 0) is 62.4 Å². The van der Waals surface area contributed by atoms with E-state index in [9.17, 15) is 4.39 Å². The maximum absolute atomic E-state index is 13.4. The van der Waals surface area contributed by atoms with Crippen molar-refractivity contribution >= 4 is 22.4 Å². The molecule has 1 N–H and O–H groups in total. The Bertz CT molecular complexity index is 961. The molecule has 5 rings (SSSR count). The normalized spacial score (nSPS) is 17.0. The van der Waals surface area contributed by atoms with Gasteiger partial charge in [0.15, 0.2) is 5.13 Å². The van der Waals surface area contributed by atoms with E-state index < -0.39 is 0 Å². The van der Waals surface area contributed by atoms with Crippen LogP contribution in [0.5, 0.6) is 0 Å². The van der Waals surface area contributed by atoms with Crippen LogP contribution in [0.15, 0.2) is 36.5 Å². The highest BCUT2D eigenvalue weighted by atomic mass is 32.1. The van der Waals surface area contributed by atoms with Gasteiger partial charge in [0, 0.05) is 30.9 Å². The first-order valence-electron chi connectivity index (χ1n) is 9.88. The van der Waals surface area contributed by atoms with E-state index in [1.54, 1.807) is 29.7 Å². The molecule has 5 nitrogen and oxygen atoms in total. The van der Waals surface area contributed by atoms with Crippen LogP contribution in [0.4, 0.5) is 15.5 Å². The summed E-state index contributed by atoms with van der Waals surface area (Å²) < 4.78 is 13.4. The molecule has 0 amide bonds. The Morgan fingerprint density at radius 1 is 1.00 bits per heavy atom. The van der Waals surface area contributed by atoms with E-state index in [-0.39, 0.29) is 5.82 Å². The largest absolute Gasteiger partial charge is 0.351 e. The van der Waals surface area contributed by atoms with Crippen molar-refractivity contribution in [3.8, 4) is 21.8 Å². The van der Waals surface area contributed by atoms with Crippen molar-refractivity contribution in [2.24, 2.45) is 0 Å². The second-order valence-electron chi connectivity index (χ2n) is 7.41. The highest BCUT2D eigenvalue weighted by Crippen LogP contribution is 2.40. The van der Waals surface area contributed by atoms with E-state index in [1.165, 1.54) is 44.2 Å². The first-order chi connectivity index (χ1) is 13.8. The van der Waals surface area contributed by atoms with Crippen molar-refractivity contribution in [1.29, 1.82) is 0 Å². The van der Waals surface area contributed by atoms with Crippen molar-refractivity contribution in [3.05, 3.63) is 42.3 Å². The van der Waals surface area contributed by atoms with Gasteiger partial charge in [-0.3, -0.25) is 0 Å². The monoisotopic (exact) mass is 395 g/mol. The number of hydrogen-bond acceptors (Lipinski definition) is 6. The first-order valence-corrected chi connectivity index (χ1v) is 10.7. The molecule has 3 aromatic rings. The SMILES string of the molecule is Fc1ccc(-c2nc(N3CCCCC3)sc2-c2ccnc(NC3CC3)n2)cc1. The quantitative estimate of drug-likeness (QED) is 0.661. The molecule has 0 unspecified atom stereocenters. The van der Waals surface area contributed by atoms with Gasteiger partial charge in [-0.15, -0.1) is 0 Å². The van der Waals surface area contributed by atoms with E-state index in [0.717, 1.165) is 40.0 Å². The lowest BCUT2D eigenvalue weighted by molar-refractivity contribution is 0.577. The van der Waals surface area contributed by atoms with Gasteiger partial charge >= 0.3 is 0 Å². The van der Waals surface area contributed by atoms with Gasteiger partial charge in [0.05, 0.1) is 16.3 Å². The number of nitrogens with zero attached hydrogens (tertiary/aromatic N) is 4. The van der Waals surface area contributed by atoms with Crippen molar-refractivity contribution in [1.82, 2.24) is 15.0 Å². The molecule has 144 valence electrons. The maximum Gasteiger partial charge on any atom is 0.223 e. The van der Waals surface area contributed by atoms with Crippen molar-refractivity contribution in [3.63, 3.8) is 0 Å². The topological polar surface area (TPSA) is 53.9 Å². The number of aromatic nitrogens is 3. The van der Waals surface area contributed by atoms with Crippen LogP contribution >= 0.6 is 11.3 Å². The third-order valence-electron chi connectivity index (χ3n) is 5.16. The fourth-order valence-corrected chi connectivity index (χ4v) is 4.58. The molecule has 0 atom stereocenters. The Balaban J connectivity index is 1.56. The number of halogens is 1. The fourth-order valence-electron chi connectivity index (χ4n) is 3.47. The molecule has 1 saturated heterocycles. The zero-order chi connectivity index (χ0) is 18.9. The summed E-state index contributed by atoms with van der Waals surface area (Å²) in [5.41, 5.74) is 2.63. The minimum atomic E-state index is -0.241. The molecule has 7 heteroatoms. The third kappa shape index (κ3) is 3.71. The van der Waals surface area contributed by atoms with Crippen LogP contribution in [0.25, 0.3) is 21.8 Å². The van der Waals surface area contributed by atoms with Gasteiger partial charge in [0.25, 0.3) is 0 Å². The van der Waals surface area contributed by atoms with E-state index in [1.807, 2.05) is 6.07 Å². The van der Waals surface area contributed by atoms with Crippen molar-refractivity contribution < 1.29 is 4.39 Å². The lowest BCUT2D eigenvalue weighted by Crippen LogP contribution is -2.29. The minimum Gasteiger partial charge on any atom is -0.351 e. The highest BCUT2D eigenvalue weighted by molar-refractivity contribution is 7.19. The maximum atomic E-state index is 13.4. The summed E-state index contributed by atoms with van der Waals surface area (Å²) in [6, 6.07) is 8.98. The number of hydrogen-bond donors (Lipinski definition) is 1. The molecule has 1 aliphatic carbocycles. The molecule has 2 aromatic heterocycles. The summed E-state index contributed by atoms with van der Waals surface area (Å²) in [5, 5.41) is 4.38. The molecule has 2 aliphatic rings. The van der Waals surface area contributed by atoms with E-state index in [2.05, 4.69) is 15.2 Å². The third-order valence-corrected chi connectivity index (χ3v) is 6.30. The number of nitrogens with one attached hydrogen (secondary N) is 1. The summed E-state index contributed by atoms with van der Waals surface area (Å²) >= 11 is 1.66. The van der Waals surface area contributed by atoms with E-state index >= 15 is 0 Å².